The van der Waals surface area contributed by atoms with E-state index in [0.717, 1.165) is 38.5 Å². The third-order valence-corrected chi connectivity index (χ3v) is 4.75. The standard InChI is InChI=1S/C15H23N3O2/c1-11-16-14(18-20-11)15(9-5-6-10-15)17-13(19)12-7-3-2-4-8-12/h12H,2-10H2,1H3,(H,17,19). The minimum atomic E-state index is -0.383. The minimum Gasteiger partial charge on any atom is -0.343 e. The number of nitrogens with zero attached hydrogens (tertiary/aromatic N) is 2. The number of aryl methyl sites for hydroxylation is 1. The number of carbonyl (C=O) groups is 1. The summed E-state index contributed by atoms with van der Waals surface area (Å²) in [5.41, 5.74) is -0.383. The molecule has 0 aliphatic heterocycles. The van der Waals surface area contributed by atoms with Crippen LogP contribution in [0, 0.1) is 12.8 Å². The topological polar surface area (TPSA) is 68.0 Å². The molecule has 3 rings (SSSR count). The van der Waals surface area contributed by atoms with Gasteiger partial charge in [-0.2, -0.15) is 4.98 Å². The van der Waals surface area contributed by atoms with Crippen molar-refractivity contribution in [3.63, 3.8) is 0 Å². The number of hydrogen-bond donors (Lipinski definition) is 1. The fraction of sp³-hybridized carbons (Fsp3) is 0.800. The number of aromatic nitrogens is 2. The van der Waals surface area contributed by atoms with Gasteiger partial charge in [0.1, 0.15) is 5.54 Å². The molecule has 0 aromatic carbocycles. The van der Waals surface area contributed by atoms with Gasteiger partial charge in [0.2, 0.25) is 11.8 Å². The van der Waals surface area contributed by atoms with Gasteiger partial charge >= 0.3 is 0 Å². The number of nitrogens with one attached hydrogen (secondary N) is 1. The van der Waals surface area contributed by atoms with Crippen LogP contribution in [-0.2, 0) is 10.3 Å². The molecule has 1 heterocycles. The van der Waals surface area contributed by atoms with E-state index in [9.17, 15) is 4.79 Å². The van der Waals surface area contributed by atoms with E-state index in [-0.39, 0.29) is 17.4 Å². The van der Waals surface area contributed by atoms with Gasteiger partial charge in [0.25, 0.3) is 0 Å². The van der Waals surface area contributed by atoms with Gasteiger partial charge in [0, 0.05) is 12.8 Å². The van der Waals surface area contributed by atoms with E-state index in [1.54, 1.807) is 6.92 Å². The second kappa shape index (κ2) is 5.54. The summed E-state index contributed by atoms with van der Waals surface area (Å²) in [6.07, 6.45) is 9.71. The quantitative estimate of drug-likeness (QED) is 0.922. The van der Waals surface area contributed by atoms with E-state index in [1.807, 2.05) is 0 Å². The Morgan fingerprint density at radius 1 is 1.20 bits per heavy atom. The van der Waals surface area contributed by atoms with Crippen LogP contribution in [0.25, 0.3) is 0 Å². The lowest BCUT2D eigenvalue weighted by molar-refractivity contribution is -0.128. The summed E-state index contributed by atoms with van der Waals surface area (Å²) in [6.45, 7) is 1.79. The highest BCUT2D eigenvalue weighted by molar-refractivity contribution is 5.79. The fourth-order valence-corrected chi connectivity index (χ4v) is 3.58. The Hall–Kier alpha value is -1.39. The third-order valence-electron chi connectivity index (χ3n) is 4.75. The van der Waals surface area contributed by atoms with Gasteiger partial charge in [-0.3, -0.25) is 4.79 Å². The van der Waals surface area contributed by atoms with Gasteiger partial charge in [-0.1, -0.05) is 37.3 Å². The van der Waals surface area contributed by atoms with Gasteiger partial charge < -0.3 is 9.84 Å². The lowest BCUT2D eigenvalue weighted by Crippen LogP contribution is -2.47. The molecule has 1 N–H and O–H groups in total. The zero-order valence-corrected chi connectivity index (χ0v) is 12.2. The van der Waals surface area contributed by atoms with Crippen LogP contribution in [0.2, 0.25) is 0 Å². The van der Waals surface area contributed by atoms with Crippen molar-refractivity contribution < 1.29 is 9.32 Å². The average Bonchev–Trinajstić information content (AvgIpc) is 3.10. The molecule has 0 unspecified atom stereocenters. The number of hydrogen-bond acceptors (Lipinski definition) is 4. The lowest BCUT2D eigenvalue weighted by atomic mass is 9.87. The number of amides is 1. The van der Waals surface area contributed by atoms with Crippen LogP contribution >= 0.6 is 0 Å². The van der Waals surface area contributed by atoms with Gasteiger partial charge in [-0.05, 0) is 25.7 Å². The first-order valence-electron chi connectivity index (χ1n) is 7.82. The van der Waals surface area contributed by atoms with Gasteiger partial charge in [0.15, 0.2) is 5.82 Å². The highest BCUT2D eigenvalue weighted by Crippen LogP contribution is 2.38. The Morgan fingerprint density at radius 2 is 1.90 bits per heavy atom. The molecular weight excluding hydrogens is 254 g/mol. The predicted octanol–water partition coefficient (Wildman–Crippen LogP) is 2.84. The van der Waals surface area contributed by atoms with Crippen molar-refractivity contribution >= 4 is 5.91 Å². The van der Waals surface area contributed by atoms with Crippen molar-refractivity contribution in [1.82, 2.24) is 15.5 Å². The van der Waals surface area contributed by atoms with Gasteiger partial charge in [-0.25, -0.2) is 0 Å². The Morgan fingerprint density at radius 3 is 2.50 bits per heavy atom. The molecule has 5 nitrogen and oxygen atoms in total. The first-order valence-corrected chi connectivity index (χ1v) is 7.82. The molecule has 1 aromatic heterocycles. The van der Waals surface area contributed by atoms with E-state index in [0.29, 0.717) is 11.7 Å². The Balaban J connectivity index is 1.75. The van der Waals surface area contributed by atoms with Crippen molar-refractivity contribution in [3.8, 4) is 0 Å². The minimum absolute atomic E-state index is 0.175. The molecule has 2 saturated carbocycles. The van der Waals surface area contributed by atoms with Crippen LogP contribution in [0.5, 0.6) is 0 Å². The van der Waals surface area contributed by atoms with Crippen molar-refractivity contribution in [2.45, 2.75) is 70.3 Å². The molecule has 0 saturated heterocycles. The summed E-state index contributed by atoms with van der Waals surface area (Å²) >= 11 is 0. The Kier molecular flexibility index (Phi) is 3.76. The summed E-state index contributed by atoms with van der Waals surface area (Å²) in [7, 11) is 0. The SMILES string of the molecule is Cc1nc(C2(NC(=O)C3CCCCC3)CCCC2)no1. The molecule has 0 spiro atoms. The van der Waals surface area contributed by atoms with Crippen LogP contribution in [0.1, 0.15) is 69.5 Å². The molecule has 2 aliphatic rings. The maximum absolute atomic E-state index is 12.5. The van der Waals surface area contributed by atoms with E-state index < -0.39 is 0 Å². The van der Waals surface area contributed by atoms with Crippen molar-refractivity contribution in [2.24, 2.45) is 5.92 Å². The normalized spacial score (nSPS) is 22.9. The first kappa shape index (κ1) is 13.6. The summed E-state index contributed by atoms with van der Waals surface area (Å²) < 4.78 is 5.12. The van der Waals surface area contributed by atoms with Crippen molar-refractivity contribution in [2.75, 3.05) is 0 Å². The van der Waals surface area contributed by atoms with Crippen LogP contribution in [0.4, 0.5) is 0 Å². The summed E-state index contributed by atoms with van der Waals surface area (Å²) in [6, 6.07) is 0. The molecule has 20 heavy (non-hydrogen) atoms. The molecule has 110 valence electrons. The van der Waals surface area contributed by atoms with E-state index in [1.165, 1.54) is 19.3 Å². The van der Waals surface area contributed by atoms with Crippen molar-refractivity contribution in [3.05, 3.63) is 11.7 Å². The first-order chi connectivity index (χ1) is 9.70. The summed E-state index contributed by atoms with van der Waals surface area (Å²) in [5.74, 6) is 1.60. The highest BCUT2D eigenvalue weighted by atomic mass is 16.5. The molecule has 0 atom stereocenters. The average molecular weight is 277 g/mol. The smallest absolute Gasteiger partial charge is 0.223 e. The van der Waals surface area contributed by atoms with Crippen LogP contribution < -0.4 is 5.32 Å². The molecule has 2 fully saturated rings. The molecule has 2 aliphatic carbocycles. The summed E-state index contributed by atoms with van der Waals surface area (Å²) in [5, 5.41) is 7.34. The molecule has 1 amide bonds. The van der Waals surface area contributed by atoms with E-state index in [2.05, 4.69) is 15.5 Å². The second-order valence-electron chi connectivity index (χ2n) is 6.25. The van der Waals surface area contributed by atoms with Gasteiger partial charge in [0.05, 0.1) is 0 Å². The third kappa shape index (κ3) is 2.58. The second-order valence-corrected chi connectivity index (χ2v) is 6.25. The molecule has 1 aromatic rings. The molecular formula is C15H23N3O2. The predicted molar refractivity (Wildman–Crippen MR) is 73.9 cm³/mol. The van der Waals surface area contributed by atoms with Gasteiger partial charge in [-0.15, -0.1) is 0 Å². The van der Waals surface area contributed by atoms with E-state index >= 15 is 0 Å². The van der Waals surface area contributed by atoms with Crippen LogP contribution in [0.15, 0.2) is 4.52 Å². The summed E-state index contributed by atoms with van der Waals surface area (Å²) in [4.78, 5) is 16.9. The monoisotopic (exact) mass is 277 g/mol. The maximum atomic E-state index is 12.5. The largest absolute Gasteiger partial charge is 0.343 e. The maximum Gasteiger partial charge on any atom is 0.223 e. The highest BCUT2D eigenvalue weighted by Gasteiger charge is 2.42. The zero-order valence-electron chi connectivity index (χ0n) is 12.2. The molecule has 0 bridgehead atoms. The Labute approximate surface area is 119 Å². The van der Waals surface area contributed by atoms with Crippen molar-refractivity contribution in [1.29, 1.82) is 0 Å². The number of carbonyl (C=O) groups excluding carboxylic acids is 1. The molecule has 5 heteroatoms. The van der Waals surface area contributed by atoms with Crippen LogP contribution in [0.3, 0.4) is 0 Å². The number of rotatable bonds is 3. The molecule has 0 radical (unpaired) electrons. The lowest BCUT2D eigenvalue weighted by Gasteiger charge is -2.30. The zero-order chi connectivity index (χ0) is 14.0. The fourth-order valence-electron chi connectivity index (χ4n) is 3.58. The van der Waals surface area contributed by atoms with Crippen LogP contribution in [-0.4, -0.2) is 16.0 Å². The Bertz CT molecular complexity index is 471. The van der Waals surface area contributed by atoms with E-state index in [4.69, 9.17) is 4.52 Å².